The second-order valence-corrected chi connectivity index (χ2v) is 20.1. The van der Waals surface area contributed by atoms with E-state index in [0.717, 1.165) is 38.5 Å². The Morgan fingerprint density at radius 3 is 1.16 bits per heavy atom. The number of rotatable bonds is 45. The Morgan fingerprint density at radius 2 is 0.810 bits per heavy atom. The van der Waals surface area contributed by atoms with Gasteiger partial charge >= 0.3 is 11.9 Å². The molecule has 0 aliphatic carbocycles. The molecule has 0 amide bonds. The lowest BCUT2D eigenvalue weighted by Crippen LogP contribution is -2.60. The van der Waals surface area contributed by atoms with Gasteiger partial charge in [-0.05, 0) is 12.8 Å². The summed E-state index contributed by atoms with van der Waals surface area (Å²) < 4.78 is 54.2. The van der Waals surface area contributed by atoms with E-state index in [2.05, 4.69) is 13.8 Å². The third-order valence-electron chi connectivity index (χ3n) is 12.4. The number of aliphatic hydroxyl groups excluding tert-OH is 3. The fraction of sp³-hybridized carbons (Fsp3) is 0.960. The highest BCUT2D eigenvalue weighted by Gasteiger charge is 2.46. The van der Waals surface area contributed by atoms with E-state index in [0.29, 0.717) is 12.8 Å². The Hall–Kier alpha value is -1.35. The third-order valence-corrected chi connectivity index (χ3v) is 13.2. The average Bonchev–Trinajstić information content (AvgIpc) is 3.25. The first kappa shape index (κ1) is 59.7. The first-order valence-electron chi connectivity index (χ1n) is 26.1. The fourth-order valence-corrected chi connectivity index (χ4v) is 9.08. The third kappa shape index (κ3) is 35.5. The number of ether oxygens (including phenoxy) is 4. The molecule has 0 aromatic heterocycles. The molecular formula is C50H96O12S. The van der Waals surface area contributed by atoms with Crippen LogP contribution in [-0.4, -0.2) is 96.0 Å². The quantitative estimate of drug-likeness (QED) is 0.0258. The minimum atomic E-state index is -4.60. The summed E-state index contributed by atoms with van der Waals surface area (Å²) in [6.45, 7) is 3.81. The normalized spacial score (nSPS) is 19.6. The predicted molar refractivity (Wildman–Crippen MR) is 252 cm³/mol. The van der Waals surface area contributed by atoms with Crippen molar-refractivity contribution >= 4 is 22.1 Å². The van der Waals surface area contributed by atoms with Gasteiger partial charge in [-0.3, -0.25) is 14.1 Å². The maximum Gasteiger partial charge on any atom is 0.306 e. The molecule has 4 N–H and O–H groups in total. The van der Waals surface area contributed by atoms with Crippen LogP contribution < -0.4 is 0 Å². The van der Waals surface area contributed by atoms with Crippen molar-refractivity contribution in [3.8, 4) is 0 Å². The molecule has 374 valence electrons. The topological polar surface area (TPSA) is 186 Å². The van der Waals surface area contributed by atoms with Gasteiger partial charge in [0.1, 0.15) is 36.8 Å². The summed E-state index contributed by atoms with van der Waals surface area (Å²) in [7, 11) is -4.60. The number of carbonyl (C=O) groups is 2. The molecule has 1 saturated heterocycles. The van der Waals surface area contributed by atoms with E-state index in [-0.39, 0.29) is 19.4 Å². The number of aliphatic hydroxyl groups is 3. The van der Waals surface area contributed by atoms with E-state index in [4.69, 9.17) is 18.9 Å². The molecule has 1 aliphatic heterocycles. The molecule has 1 fully saturated rings. The lowest BCUT2D eigenvalue weighted by atomic mass is 10.00. The number of esters is 2. The lowest BCUT2D eigenvalue weighted by molar-refractivity contribution is -0.297. The monoisotopic (exact) mass is 921 g/mol. The SMILES string of the molecule is CCCCCCCCCCCCCCCCCCCCCCCCC(=O)O[C@H](COC(=O)CCCCCCCCCCCCCCC)CO[C@H]1O[C@H](CS(=O)(=O)O)[C@@H](O)C(O)C1O. The van der Waals surface area contributed by atoms with Crippen molar-refractivity contribution in [3.63, 3.8) is 0 Å². The Morgan fingerprint density at radius 1 is 0.476 bits per heavy atom. The number of hydrogen-bond donors (Lipinski definition) is 4. The first-order valence-corrected chi connectivity index (χ1v) is 27.7. The largest absolute Gasteiger partial charge is 0.462 e. The summed E-state index contributed by atoms with van der Waals surface area (Å²) in [5, 5.41) is 31.0. The summed E-state index contributed by atoms with van der Waals surface area (Å²) in [5.41, 5.74) is 0. The van der Waals surface area contributed by atoms with Gasteiger partial charge < -0.3 is 34.3 Å². The Bertz CT molecular complexity index is 1170. The molecule has 1 heterocycles. The van der Waals surface area contributed by atoms with Crippen LogP contribution in [0.2, 0.25) is 0 Å². The highest BCUT2D eigenvalue weighted by molar-refractivity contribution is 7.85. The summed E-state index contributed by atoms with van der Waals surface area (Å²) >= 11 is 0. The molecule has 0 aromatic rings. The van der Waals surface area contributed by atoms with Crippen molar-refractivity contribution in [2.75, 3.05) is 19.0 Å². The number of carbonyl (C=O) groups excluding carboxylic acids is 2. The highest BCUT2D eigenvalue weighted by atomic mass is 32.2. The molecule has 2 unspecified atom stereocenters. The summed E-state index contributed by atoms with van der Waals surface area (Å²) in [5.74, 6) is -1.96. The zero-order valence-electron chi connectivity index (χ0n) is 40.2. The van der Waals surface area contributed by atoms with E-state index >= 15 is 0 Å². The zero-order valence-corrected chi connectivity index (χ0v) is 41.0. The van der Waals surface area contributed by atoms with Crippen LogP contribution in [-0.2, 0) is 38.7 Å². The summed E-state index contributed by atoms with van der Waals surface area (Å²) in [6.07, 6.45) is 34.3. The van der Waals surface area contributed by atoms with Gasteiger partial charge in [0.25, 0.3) is 10.1 Å². The van der Waals surface area contributed by atoms with Crippen LogP contribution >= 0.6 is 0 Å². The molecule has 0 bridgehead atoms. The Labute approximate surface area is 384 Å². The molecule has 1 rings (SSSR count). The van der Waals surface area contributed by atoms with Crippen LogP contribution in [0.25, 0.3) is 0 Å². The second kappa shape index (κ2) is 40.9. The molecule has 0 aromatic carbocycles. The van der Waals surface area contributed by atoms with E-state index in [1.807, 2.05) is 0 Å². The number of unbranched alkanes of at least 4 members (excludes halogenated alkanes) is 33. The van der Waals surface area contributed by atoms with Gasteiger partial charge in [-0.2, -0.15) is 8.42 Å². The maximum atomic E-state index is 12.9. The smallest absolute Gasteiger partial charge is 0.306 e. The van der Waals surface area contributed by atoms with Gasteiger partial charge in [0, 0.05) is 12.8 Å². The minimum Gasteiger partial charge on any atom is -0.462 e. The van der Waals surface area contributed by atoms with Crippen molar-refractivity contribution in [1.29, 1.82) is 0 Å². The minimum absolute atomic E-state index is 0.173. The Kier molecular flexibility index (Phi) is 38.7. The summed E-state index contributed by atoms with van der Waals surface area (Å²) in [6, 6.07) is 0. The van der Waals surface area contributed by atoms with Crippen molar-refractivity contribution in [1.82, 2.24) is 0 Å². The van der Waals surface area contributed by atoms with Crippen LogP contribution in [0.5, 0.6) is 0 Å². The average molecular weight is 921 g/mol. The van der Waals surface area contributed by atoms with Crippen LogP contribution in [0, 0.1) is 0 Å². The van der Waals surface area contributed by atoms with Gasteiger partial charge in [0.15, 0.2) is 12.4 Å². The molecule has 6 atom stereocenters. The zero-order chi connectivity index (χ0) is 46.2. The maximum absolute atomic E-state index is 12.9. The molecule has 63 heavy (non-hydrogen) atoms. The Balaban J connectivity index is 2.32. The van der Waals surface area contributed by atoms with Gasteiger partial charge in [-0.15, -0.1) is 0 Å². The molecule has 1 aliphatic rings. The van der Waals surface area contributed by atoms with Crippen molar-refractivity contribution in [2.45, 2.75) is 288 Å². The second-order valence-electron chi connectivity index (χ2n) is 18.6. The van der Waals surface area contributed by atoms with Crippen LogP contribution in [0.4, 0.5) is 0 Å². The molecular weight excluding hydrogens is 825 g/mol. The van der Waals surface area contributed by atoms with Crippen molar-refractivity contribution in [2.24, 2.45) is 0 Å². The standard InChI is InChI=1S/C50H96O12S/c1-3-5-7-9-11-13-15-17-18-19-20-21-22-23-24-25-27-29-31-33-35-37-39-46(52)61-43(41-60-50-49(55)48(54)47(53)44(62-50)42-63(56,57)58)40-59-45(51)38-36-34-32-30-28-26-16-14-12-10-8-6-4-2/h43-44,47-50,53-55H,3-42H2,1-2H3,(H,56,57,58)/t43-,44-,47-,48?,49?,50+/m1/s1. The highest BCUT2D eigenvalue weighted by Crippen LogP contribution is 2.24. The van der Waals surface area contributed by atoms with Gasteiger partial charge in [-0.1, -0.05) is 226 Å². The van der Waals surface area contributed by atoms with E-state index in [1.165, 1.54) is 173 Å². The molecule has 0 saturated carbocycles. The van der Waals surface area contributed by atoms with Crippen LogP contribution in [0.3, 0.4) is 0 Å². The number of hydrogen-bond acceptors (Lipinski definition) is 11. The first-order chi connectivity index (χ1) is 30.5. The molecule has 0 radical (unpaired) electrons. The molecule has 0 spiro atoms. The van der Waals surface area contributed by atoms with Crippen LogP contribution in [0.1, 0.15) is 251 Å². The van der Waals surface area contributed by atoms with E-state index in [9.17, 15) is 37.9 Å². The van der Waals surface area contributed by atoms with Gasteiger partial charge in [0.05, 0.1) is 6.61 Å². The summed E-state index contributed by atoms with van der Waals surface area (Å²) in [4.78, 5) is 25.5. The molecule has 13 heteroatoms. The van der Waals surface area contributed by atoms with E-state index < -0.39 is 71.2 Å². The van der Waals surface area contributed by atoms with Crippen molar-refractivity contribution in [3.05, 3.63) is 0 Å². The van der Waals surface area contributed by atoms with Gasteiger partial charge in [-0.25, -0.2) is 0 Å². The van der Waals surface area contributed by atoms with Crippen LogP contribution in [0.15, 0.2) is 0 Å². The van der Waals surface area contributed by atoms with Crippen molar-refractivity contribution < 1.29 is 56.8 Å². The molecule has 12 nitrogen and oxygen atoms in total. The lowest BCUT2D eigenvalue weighted by Gasteiger charge is -2.40. The van der Waals surface area contributed by atoms with Gasteiger partial charge in [0.2, 0.25) is 0 Å². The predicted octanol–water partition coefficient (Wildman–Crippen LogP) is 11.6. The van der Waals surface area contributed by atoms with E-state index in [1.54, 1.807) is 0 Å². The fourth-order valence-electron chi connectivity index (χ4n) is 8.39.